The van der Waals surface area contributed by atoms with Crippen molar-refractivity contribution in [1.82, 2.24) is 0 Å². The third kappa shape index (κ3) is 11.9. The van der Waals surface area contributed by atoms with Crippen LogP contribution in [0.4, 0.5) is 17.1 Å². The van der Waals surface area contributed by atoms with E-state index in [4.69, 9.17) is 8.83 Å². The molecule has 0 amide bonds. The number of fused-ring (bicyclic) bond motifs is 25. The lowest BCUT2D eigenvalue weighted by Crippen LogP contribution is -2.33. The van der Waals surface area contributed by atoms with Crippen molar-refractivity contribution < 1.29 is 8.83 Å². The first-order valence-electron chi connectivity index (χ1n) is 47.0. The zero-order valence-corrected chi connectivity index (χ0v) is 72.5. The normalized spacial score (nSPS) is 15.1. The van der Waals surface area contributed by atoms with Crippen molar-refractivity contribution >= 4 is 60.9 Å². The molecule has 0 radical (unpaired) electrons. The van der Waals surface area contributed by atoms with Crippen LogP contribution in [0.25, 0.3) is 99.5 Å². The van der Waals surface area contributed by atoms with E-state index in [-0.39, 0.29) is 16.2 Å². The Hall–Kier alpha value is -11.5. The SMILES string of the molecule is CCCCCCCC1(CCCCCCC)c2ccccc2-c2c1c1c(c3c2oc2ccccc23)-c2ccc(N(c3ccc4c(c3)C(C)(C)c3ccccc3-4)c3ccc4c(c3)C(c3ccccc3)(c3ccccc3)c3cc5c(cc3-4)C(c3ccccc3)(c3ccccc3)c3ccc4oc6ccccc6c4c3-5)cc2C1(CCCCCCC)CCCCCCC. The fraction of sp³-hybridized carbons (Fsp3) is 0.294. The summed E-state index contributed by atoms with van der Waals surface area (Å²) >= 11 is 0. The molecule has 2 aromatic heterocycles. The highest BCUT2D eigenvalue weighted by molar-refractivity contribution is 6.21. The van der Waals surface area contributed by atoms with Gasteiger partial charge in [0.1, 0.15) is 22.3 Å². The van der Waals surface area contributed by atoms with Crippen LogP contribution >= 0.6 is 0 Å². The molecule has 0 aliphatic heterocycles. The predicted molar refractivity (Wildman–Crippen MR) is 514 cm³/mol. The highest BCUT2D eigenvalue weighted by Gasteiger charge is 2.56. The Morgan fingerprint density at radius 3 is 1.16 bits per heavy atom. The minimum atomic E-state index is -0.803. The molecular weight excluding hydrogens is 1480 g/mol. The minimum absolute atomic E-state index is 0.205. The van der Waals surface area contributed by atoms with Gasteiger partial charge in [-0.2, -0.15) is 0 Å². The Kier molecular flexibility index (Phi) is 20.2. The van der Waals surface area contributed by atoms with Gasteiger partial charge in [-0.25, -0.2) is 0 Å². The van der Waals surface area contributed by atoms with Crippen molar-refractivity contribution in [3.63, 3.8) is 0 Å². The van der Waals surface area contributed by atoms with Crippen LogP contribution in [0.1, 0.15) is 274 Å². The van der Waals surface area contributed by atoms with Crippen molar-refractivity contribution in [3.05, 3.63) is 375 Å². The summed E-state index contributed by atoms with van der Waals surface area (Å²) in [6.07, 6.45) is 29.2. The summed E-state index contributed by atoms with van der Waals surface area (Å²) < 4.78 is 14.7. The lowest BCUT2D eigenvalue weighted by atomic mass is 9.62. The Balaban J connectivity index is 0.852. The van der Waals surface area contributed by atoms with Crippen molar-refractivity contribution in [1.29, 1.82) is 0 Å². The Bertz CT molecular complexity index is 6520. The molecule has 0 spiro atoms. The quantitative estimate of drug-likeness (QED) is 0.0406. The summed E-state index contributed by atoms with van der Waals surface area (Å²) in [6.45, 7) is 14.4. The van der Waals surface area contributed by atoms with E-state index in [1.165, 1.54) is 249 Å². The average molecular weight is 1590 g/mol. The van der Waals surface area contributed by atoms with E-state index in [2.05, 4.69) is 344 Å². The molecule has 122 heavy (non-hydrogen) atoms. The molecule has 0 atom stereocenters. The third-order valence-corrected chi connectivity index (χ3v) is 30.2. The maximum Gasteiger partial charge on any atom is 0.144 e. The summed E-state index contributed by atoms with van der Waals surface area (Å²) in [7, 11) is 0. The third-order valence-electron chi connectivity index (χ3n) is 30.2. The molecule has 608 valence electrons. The highest BCUT2D eigenvalue weighted by Crippen LogP contribution is 2.70. The Labute approximate surface area is 723 Å². The van der Waals surface area contributed by atoms with Crippen LogP contribution < -0.4 is 4.90 Å². The Morgan fingerprint density at radius 2 is 0.623 bits per heavy atom. The molecule has 0 bridgehead atoms. The van der Waals surface area contributed by atoms with Crippen molar-refractivity contribution in [3.8, 4) is 55.6 Å². The van der Waals surface area contributed by atoms with Gasteiger partial charge in [0, 0.05) is 60.4 Å². The molecule has 21 rings (SSSR count). The number of anilines is 3. The molecule has 0 N–H and O–H groups in total. The van der Waals surface area contributed by atoms with Gasteiger partial charge in [0.05, 0.1) is 10.8 Å². The van der Waals surface area contributed by atoms with Gasteiger partial charge in [-0.1, -0.05) is 400 Å². The number of para-hydroxylation sites is 2. The van der Waals surface area contributed by atoms with Gasteiger partial charge in [0.25, 0.3) is 0 Å². The molecule has 3 nitrogen and oxygen atoms in total. The van der Waals surface area contributed by atoms with Gasteiger partial charge in [-0.05, 0) is 220 Å². The molecular formula is C119H115NO2. The standard InChI is InChI=1S/C119H115NO2/c1-7-11-15-19-43-71-116(72-44-20-16-12-8-2)97-60-40-36-56-90(97)111-113(116)112-109(110-93-58-38-42-62-105(93)122-114(110)111)91-68-65-85(76-100(91)117(112,73-45-21-17-13-9-3)74-46-22-18-14-10-4)120(84-63-66-88-87-55-35-39-59-96(87)115(5,6)99(88)75-84)86-64-67-89-94-78-103-95(79-102(94)119(101(89)77-86,82-51-31-25-32-52-82)83-53-33-26-34-54-83)107-98(69-70-106-108(107)92-57-37-41-61-104(92)121-106)118(103,80-47-27-23-28-48-80)81-49-29-24-30-50-81/h23-42,47-70,75-79H,7-22,43-46,71-74H2,1-6H3. The number of hydrogen-bond acceptors (Lipinski definition) is 3. The maximum absolute atomic E-state index is 7.72. The zero-order valence-electron chi connectivity index (χ0n) is 72.5. The second-order valence-electron chi connectivity index (χ2n) is 37.2. The summed E-state index contributed by atoms with van der Waals surface area (Å²) in [5.41, 5.74) is 37.5. The highest BCUT2D eigenvalue weighted by atomic mass is 16.3. The molecule has 0 saturated carbocycles. The van der Waals surface area contributed by atoms with Gasteiger partial charge in [-0.3, -0.25) is 0 Å². The largest absolute Gasteiger partial charge is 0.456 e. The molecule has 5 aliphatic rings. The maximum atomic E-state index is 7.72. The van der Waals surface area contributed by atoms with Crippen LogP contribution in [0.2, 0.25) is 0 Å². The first-order valence-corrected chi connectivity index (χ1v) is 47.0. The molecule has 0 saturated heterocycles. The molecule has 16 aromatic rings. The first-order chi connectivity index (χ1) is 60.1. The predicted octanol–water partition coefficient (Wildman–Crippen LogP) is 34.0. The lowest BCUT2D eigenvalue weighted by molar-refractivity contribution is 0.369. The van der Waals surface area contributed by atoms with Crippen LogP contribution in [0.15, 0.2) is 306 Å². The number of furan rings is 2. The topological polar surface area (TPSA) is 29.5 Å². The fourth-order valence-corrected chi connectivity index (χ4v) is 24.7. The molecule has 14 aromatic carbocycles. The second-order valence-corrected chi connectivity index (χ2v) is 37.2. The van der Waals surface area contributed by atoms with Gasteiger partial charge < -0.3 is 13.7 Å². The van der Waals surface area contributed by atoms with Crippen LogP contribution in [0.3, 0.4) is 0 Å². The van der Waals surface area contributed by atoms with E-state index in [1.54, 1.807) is 16.7 Å². The van der Waals surface area contributed by atoms with Gasteiger partial charge in [-0.15, -0.1) is 0 Å². The number of unbranched alkanes of at least 4 members (excludes halogenated alkanes) is 16. The average Bonchev–Trinajstić information content (AvgIpc) is 1.50. The van der Waals surface area contributed by atoms with Gasteiger partial charge in [0.2, 0.25) is 0 Å². The summed E-state index contributed by atoms with van der Waals surface area (Å²) in [5, 5.41) is 4.84. The molecule has 3 heteroatoms. The van der Waals surface area contributed by atoms with E-state index in [9.17, 15) is 0 Å². The second kappa shape index (κ2) is 31.7. The van der Waals surface area contributed by atoms with Crippen molar-refractivity contribution in [2.75, 3.05) is 4.90 Å². The van der Waals surface area contributed by atoms with Crippen LogP contribution in [0, 0.1) is 0 Å². The number of hydrogen-bond donors (Lipinski definition) is 0. The van der Waals surface area contributed by atoms with Crippen LogP contribution in [-0.2, 0) is 27.1 Å². The lowest BCUT2D eigenvalue weighted by Gasteiger charge is -2.40. The summed E-state index contributed by atoms with van der Waals surface area (Å²) in [6, 6.07) is 116. The van der Waals surface area contributed by atoms with Crippen LogP contribution in [-0.4, -0.2) is 0 Å². The fourth-order valence-electron chi connectivity index (χ4n) is 24.7. The van der Waals surface area contributed by atoms with Crippen molar-refractivity contribution in [2.24, 2.45) is 0 Å². The van der Waals surface area contributed by atoms with E-state index >= 15 is 0 Å². The van der Waals surface area contributed by atoms with Crippen LogP contribution in [0.5, 0.6) is 0 Å². The monoisotopic (exact) mass is 1590 g/mol. The van der Waals surface area contributed by atoms with Gasteiger partial charge in [0.15, 0.2) is 0 Å². The number of benzene rings is 14. The molecule has 5 aliphatic carbocycles. The van der Waals surface area contributed by atoms with E-state index in [1.807, 2.05) is 0 Å². The number of nitrogens with zero attached hydrogens (tertiary/aromatic N) is 1. The zero-order chi connectivity index (χ0) is 82.3. The summed E-state index contributed by atoms with van der Waals surface area (Å²) in [5.74, 6) is 0. The molecule has 0 fully saturated rings. The first kappa shape index (κ1) is 77.8. The minimum Gasteiger partial charge on any atom is -0.456 e. The number of rotatable bonds is 31. The summed E-state index contributed by atoms with van der Waals surface area (Å²) in [4.78, 5) is 2.73. The Morgan fingerprint density at radius 1 is 0.246 bits per heavy atom. The van der Waals surface area contributed by atoms with E-state index in [0.717, 1.165) is 83.0 Å². The van der Waals surface area contributed by atoms with E-state index < -0.39 is 10.8 Å². The molecule has 0 unspecified atom stereocenters. The van der Waals surface area contributed by atoms with Crippen molar-refractivity contribution in [2.45, 2.75) is 223 Å². The molecule has 2 heterocycles. The van der Waals surface area contributed by atoms with Gasteiger partial charge >= 0.3 is 0 Å². The van der Waals surface area contributed by atoms with E-state index in [0.29, 0.717) is 0 Å². The smallest absolute Gasteiger partial charge is 0.144 e.